The predicted octanol–water partition coefficient (Wildman–Crippen LogP) is 1.77. The van der Waals surface area contributed by atoms with Gasteiger partial charge in [-0.05, 0) is 31.0 Å². The number of halogens is 3. The Bertz CT molecular complexity index is 572. The SMILES string of the molecule is NC1CCCN1S(=O)(=O)c1cccc(C(F)(F)F)c1. The Kier molecular flexibility index (Phi) is 3.59. The van der Waals surface area contributed by atoms with Crippen LogP contribution in [0.25, 0.3) is 0 Å². The molecule has 1 aromatic carbocycles. The van der Waals surface area contributed by atoms with Crippen molar-refractivity contribution in [3.05, 3.63) is 29.8 Å². The Morgan fingerprint density at radius 1 is 1.32 bits per heavy atom. The van der Waals surface area contributed by atoms with Crippen LogP contribution in [-0.4, -0.2) is 25.4 Å². The van der Waals surface area contributed by atoms with Gasteiger partial charge in [0.25, 0.3) is 0 Å². The monoisotopic (exact) mass is 294 g/mol. The Balaban J connectivity index is 2.41. The van der Waals surface area contributed by atoms with Gasteiger partial charge in [-0.25, -0.2) is 8.42 Å². The number of nitrogens with zero attached hydrogens (tertiary/aromatic N) is 1. The predicted molar refractivity (Wildman–Crippen MR) is 62.5 cm³/mol. The van der Waals surface area contributed by atoms with E-state index < -0.39 is 27.9 Å². The van der Waals surface area contributed by atoms with Gasteiger partial charge in [0, 0.05) is 6.54 Å². The van der Waals surface area contributed by atoms with Crippen LogP contribution in [0.15, 0.2) is 29.2 Å². The lowest BCUT2D eigenvalue weighted by Gasteiger charge is -2.21. The average molecular weight is 294 g/mol. The normalized spacial score (nSPS) is 21.8. The molecule has 0 amide bonds. The molecule has 0 aliphatic carbocycles. The number of nitrogens with two attached hydrogens (primary N) is 1. The molecule has 1 aromatic rings. The number of hydrogen-bond donors (Lipinski definition) is 1. The van der Waals surface area contributed by atoms with Gasteiger partial charge >= 0.3 is 6.18 Å². The van der Waals surface area contributed by atoms with Crippen LogP contribution < -0.4 is 5.73 Å². The fourth-order valence-corrected chi connectivity index (χ4v) is 3.66. The van der Waals surface area contributed by atoms with Gasteiger partial charge in [0.15, 0.2) is 0 Å². The van der Waals surface area contributed by atoms with Crippen molar-refractivity contribution < 1.29 is 21.6 Å². The molecule has 1 saturated heterocycles. The van der Waals surface area contributed by atoms with E-state index in [4.69, 9.17) is 5.73 Å². The first-order valence-corrected chi connectivity index (χ1v) is 7.11. The van der Waals surface area contributed by atoms with Crippen LogP contribution in [0, 0.1) is 0 Å². The van der Waals surface area contributed by atoms with Crippen LogP contribution in [0.3, 0.4) is 0 Å². The fourth-order valence-electron chi connectivity index (χ4n) is 2.03. The van der Waals surface area contributed by atoms with Gasteiger partial charge < -0.3 is 5.73 Å². The summed E-state index contributed by atoms with van der Waals surface area (Å²) in [6.07, 6.45) is -4.12. The van der Waals surface area contributed by atoms with E-state index in [-0.39, 0.29) is 11.4 Å². The second-order valence-corrected chi connectivity index (χ2v) is 6.24. The van der Waals surface area contributed by atoms with E-state index in [0.29, 0.717) is 18.9 Å². The van der Waals surface area contributed by atoms with E-state index in [9.17, 15) is 21.6 Å². The van der Waals surface area contributed by atoms with Crippen molar-refractivity contribution in [2.24, 2.45) is 5.73 Å². The maximum absolute atomic E-state index is 12.6. The number of hydrogen-bond acceptors (Lipinski definition) is 3. The minimum atomic E-state index is -4.57. The lowest BCUT2D eigenvalue weighted by atomic mass is 10.2. The van der Waals surface area contributed by atoms with Crippen LogP contribution in [0.5, 0.6) is 0 Å². The Morgan fingerprint density at radius 2 is 2.00 bits per heavy atom. The van der Waals surface area contributed by atoms with Gasteiger partial charge in [-0.1, -0.05) is 6.07 Å². The van der Waals surface area contributed by atoms with E-state index in [1.165, 1.54) is 0 Å². The standard InChI is InChI=1S/C11H13F3N2O2S/c12-11(13,14)8-3-1-4-9(7-8)19(17,18)16-6-2-5-10(16)15/h1,3-4,7,10H,2,5-6,15H2. The van der Waals surface area contributed by atoms with Crippen LogP contribution in [0.4, 0.5) is 13.2 Å². The highest BCUT2D eigenvalue weighted by Gasteiger charge is 2.36. The van der Waals surface area contributed by atoms with Crippen molar-refractivity contribution in [3.63, 3.8) is 0 Å². The first kappa shape index (κ1) is 14.3. The molecule has 0 bridgehead atoms. The summed E-state index contributed by atoms with van der Waals surface area (Å²) in [5.74, 6) is 0. The van der Waals surface area contributed by atoms with Crippen molar-refractivity contribution >= 4 is 10.0 Å². The number of alkyl halides is 3. The van der Waals surface area contributed by atoms with E-state index in [1.54, 1.807) is 0 Å². The van der Waals surface area contributed by atoms with E-state index in [0.717, 1.165) is 22.5 Å². The van der Waals surface area contributed by atoms with Crippen LogP contribution >= 0.6 is 0 Å². The zero-order valence-corrected chi connectivity index (χ0v) is 10.7. The quantitative estimate of drug-likeness (QED) is 0.904. The molecule has 106 valence electrons. The molecule has 0 saturated carbocycles. The number of sulfonamides is 1. The molecule has 0 aromatic heterocycles. The third-order valence-electron chi connectivity index (χ3n) is 3.02. The summed E-state index contributed by atoms with van der Waals surface area (Å²) >= 11 is 0. The first-order valence-electron chi connectivity index (χ1n) is 5.67. The zero-order chi connectivity index (χ0) is 14.3. The Labute approximate surface area is 109 Å². The smallest absolute Gasteiger partial charge is 0.315 e. The third-order valence-corrected chi connectivity index (χ3v) is 4.94. The van der Waals surface area contributed by atoms with Gasteiger partial charge in [-0.15, -0.1) is 0 Å². The van der Waals surface area contributed by atoms with E-state index in [1.807, 2.05) is 0 Å². The highest BCUT2D eigenvalue weighted by atomic mass is 32.2. The minimum Gasteiger partial charge on any atom is -0.315 e. The van der Waals surface area contributed by atoms with Gasteiger partial charge in [-0.3, -0.25) is 0 Å². The zero-order valence-electron chi connectivity index (χ0n) is 9.89. The molecule has 1 aliphatic rings. The lowest BCUT2D eigenvalue weighted by molar-refractivity contribution is -0.137. The number of benzene rings is 1. The molecule has 1 atom stereocenters. The first-order chi connectivity index (χ1) is 8.73. The molecule has 4 nitrogen and oxygen atoms in total. The molecule has 1 unspecified atom stereocenters. The molecule has 1 aliphatic heterocycles. The topological polar surface area (TPSA) is 63.4 Å². The molecule has 2 N–H and O–H groups in total. The molecule has 1 heterocycles. The van der Waals surface area contributed by atoms with Crippen molar-refractivity contribution in [3.8, 4) is 0 Å². The minimum absolute atomic E-state index is 0.236. The number of rotatable bonds is 2. The highest BCUT2D eigenvalue weighted by molar-refractivity contribution is 7.89. The van der Waals surface area contributed by atoms with Crippen LogP contribution in [0.2, 0.25) is 0 Å². The van der Waals surface area contributed by atoms with Crippen molar-refractivity contribution in [1.82, 2.24) is 4.31 Å². The average Bonchev–Trinajstić information content (AvgIpc) is 2.75. The molecule has 0 radical (unpaired) electrons. The van der Waals surface area contributed by atoms with Crippen LogP contribution in [-0.2, 0) is 16.2 Å². The summed E-state index contributed by atoms with van der Waals surface area (Å²) in [6, 6.07) is 3.70. The molecule has 8 heteroatoms. The van der Waals surface area contributed by atoms with Crippen molar-refractivity contribution in [2.75, 3.05) is 6.54 Å². The maximum atomic E-state index is 12.6. The van der Waals surface area contributed by atoms with E-state index in [2.05, 4.69) is 0 Å². The largest absolute Gasteiger partial charge is 0.416 e. The molecule has 19 heavy (non-hydrogen) atoms. The summed E-state index contributed by atoms with van der Waals surface area (Å²) in [5.41, 5.74) is 4.67. The van der Waals surface area contributed by atoms with E-state index >= 15 is 0 Å². The van der Waals surface area contributed by atoms with Crippen molar-refractivity contribution in [1.29, 1.82) is 0 Å². The van der Waals surface area contributed by atoms with Crippen LogP contribution in [0.1, 0.15) is 18.4 Å². The van der Waals surface area contributed by atoms with Gasteiger partial charge in [0.05, 0.1) is 16.6 Å². The molecular formula is C11H13F3N2O2S. The molecular weight excluding hydrogens is 281 g/mol. The highest BCUT2D eigenvalue weighted by Crippen LogP contribution is 2.32. The summed E-state index contributed by atoms with van der Waals surface area (Å²) in [4.78, 5) is -0.375. The molecule has 0 spiro atoms. The Hall–Kier alpha value is -1.12. The summed E-state index contributed by atoms with van der Waals surface area (Å²) < 4.78 is 63.2. The Morgan fingerprint density at radius 3 is 2.53 bits per heavy atom. The molecule has 1 fully saturated rings. The third kappa shape index (κ3) is 2.75. The summed E-state index contributed by atoms with van der Waals surface area (Å²) in [6.45, 7) is 0.236. The van der Waals surface area contributed by atoms with Gasteiger partial charge in [0.2, 0.25) is 10.0 Å². The maximum Gasteiger partial charge on any atom is 0.416 e. The molecule has 2 rings (SSSR count). The van der Waals surface area contributed by atoms with Crippen molar-refractivity contribution in [2.45, 2.75) is 30.1 Å². The second-order valence-electron chi connectivity index (χ2n) is 4.35. The summed E-state index contributed by atoms with van der Waals surface area (Å²) in [7, 11) is -3.96. The van der Waals surface area contributed by atoms with Gasteiger partial charge in [0.1, 0.15) is 0 Å². The lowest BCUT2D eigenvalue weighted by Crippen LogP contribution is -2.40. The van der Waals surface area contributed by atoms with Gasteiger partial charge in [-0.2, -0.15) is 17.5 Å². The fraction of sp³-hybridized carbons (Fsp3) is 0.455. The summed E-state index contributed by atoms with van der Waals surface area (Å²) in [5, 5.41) is 0. The second kappa shape index (κ2) is 4.77.